The number of hydrogen-bond donors (Lipinski definition) is 3. The molecule has 0 radical (unpaired) electrons. The number of amides is 3. The molecule has 2 heterocycles. The normalized spacial score (nSPS) is 24.6. The molecule has 12 heteroatoms. The Hall–Kier alpha value is -2.14. The molecule has 1 aromatic rings. The summed E-state index contributed by atoms with van der Waals surface area (Å²) in [6.07, 6.45) is -3.67. The van der Waals surface area contributed by atoms with Crippen LogP contribution in [-0.2, 0) is 4.79 Å². The summed E-state index contributed by atoms with van der Waals surface area (Å²) in [6.45, 7) is 0.306. The van der Waals surface area contributed by atoms with Crippen LogP contribution in [0.4, 0.5) is 26.7 Å². The molecule has 4 rings (SSSR count). The summed E-state index contributed by atoms with van der Waals surface area (Å²) in [5.74, 6) is -2.97. The molecule has 0 bridgehead atoms. The molecule has 2 unspecified atom stereocenters. The van der Waals surface area contributed by atoms with E-state index in [-0.39, 0.29) is 50.9 Å². The molecule has 1 saturated carbocycles. The summed E-state index contributed by atoms with van der Waals surface area (Å²) in [4.78, 5) is 25.5. The van der Waals surface area contributed by atoms with Gasteiger partial charge >= 0.3 is 12.2 Å². The Bertz CT molecular complexity index is 916. The molecule has 3 fully saturated rings. The molecule has 3 aliphatic rings. The lowest BCUT2D eigenvalue weighted by molar-refractivity contribution is -0.200. The molecular formula is C20H22ClF5N4O2. The van der Waals surface area contributed by atoms with Crippen LogP contribution in [0.5, 0.6) is 0 Å². The summed E-state index contributed by atoms with van der Waals surface area (Å²) in [5.41, 5.74) is -1.83. The van der Waals surface area contributed by atoms with Crippen molar-refractivity contribution < 1.29 is 31.5 Å². The molecule has 1 aliphatic carbocycles. The Balaban J connectivity index is 1.54. The molecule has 0 aromatic heterocycles. The smallest absolute Gasteiger partial charge is 0.347 e. The quantitative estimate of drug-likeness (QED) is 0.447. The third-order valence-electron chi connectivity index (χ3n) is 6.65. The first-order chi connectivity index (χ1) is 15.0. The molecule has 3 N–H and O–H groups in total. The summed E-state index contributed by atoms with van der Waals surface area (Å²) in [5, 5.41) is 6.85. The zero-order valence-electron chi connectivity index (χ0n) is 16.9. The maximum atomic E-state index is 14.8. The highest BCUT2D eigenvalue weighted by atomic mass is 35.5. The molecule has 1 aromatic carbocycles. The predicted octanol–water partition coefficient (Wildman–Crippen LogP) is 3.26. The molecular weight excluding hydrogens is 459 g/mol. The maximum absolute atomic E-state index is 14.8. The van der Waals surface area contributed by atoms with Crippen molar-refractivity contribution in [3.8, 4) is 0 Å². The molecule has 6 nitrogen and oxygen atoms in total. The maximum Gasteiger partial charge on any atom is 0.406 e. The molecule has 2 aliphatic heterocycles. The van der Waals surface area contributed by atoms with Crippen molar-refractivity contribution in [3.63, 3.8) is 0 Å². The van der Waals surface area contributed by atoms with Crippen LogP contribution in [0, 0.1) is 17.6 Å². The van der Waals surface area contributed by atoms with Gasteiger partial charge in [0.05, 0.1) is 6.04 Å². The van der Waals surface area contributed by atoms with E-state index in [1.807, 2.05) is 0 Å². The Kier molecular flexibility index (Phi) is 6.00. The fraction of sp³-hybridized carbons (Fsp3) is 0.600. The van der Waals surface area contributed by atoms with Crippen LogP contribution in [0.1, 0.15) is 37.3 Å². The minimum atomic E-state index is -4.32. The SMILES string of the molecule is O=C1NCC(C(=O)NC(c2ccc(F)c(Cl)c2F)C2CCN(C3(C(F)(F)F)CC3)CC2)N1. The first kappa shape index (κ1) is 23.0. The van der Waals surface area contributed by atoms with Crippen molar-refractivity contribution in [2.75, 3.05) is 19.6 Å². The first-order valence-electron chi connectivity index (χ1n) is 10.3. The van der Waals surface area contributed by atoms with Crippen molar-refractivity contribution in [2.24, 2.45) is 5.92 Å². The number of halogens is 6. The number of piperidine rings is 1. The highest BCUT2D eigenvalue weighted by molar-refractivity contribution is 6.31. The van der Waals surface area contributed by atoms with Crippen molar-refractivity contribution in [2.45, 2.75) is 49.5 Å². The number of urea groups is 1. The Morgan fingerprint density at radius 2 is 1.88 bits per heavy atom. The van der Waals surface area contributed by atoms with E-state index in [4.69, 9.17) is 11.6 Å². The Morgan fingerprint density at radius 3 is 2.41 bits per heavy atom. The highest BCUT2D eigenvalue weighted by Crippen LogP contribution is 2.54. The average Bonchev–Trinajstić information content (AvgIpc) is 3.46. The van der Waals surface area contributed by atoms with E-state index in [1.54, 1.807) is 0 Å². The van der Waals surface area contributed by atoms with Gasteiger partial charge in [-0.05, 0) is 50.8 Å². The van der Waals surface area contributed by atoms with Crippen molar-refractivity contribution in [3.05, 3.63) is 34.4 Å². The van der Waals surface area contributed by atoms with Crippen molar-refractivity contribution in [1.82, 2.24) is 20.9 Å². The topological polar surface area (TPSA) is 73.5 Å². The first-order valence-corrected chi connectivity index (χ1v) is 10.7. The number of carbonyl (C=O) groups excluding carboxylic acids is 2. The van der Waals surface area contributed by atoms with Gasteiger partial charge < -0.3 is 16.0 Å². The van der Waals surface area contributed by atoms with Gasteiger partial charge in [-0.1, -0.05) is 17.7 Å². The number of alkyl halides is 3. The summed E-state index contributed by atoms with van der Waals surface area (Å²) in [6, 6.07) is -0.188. The second-order valence-corrected chi connectivity index (χ2v) is 8.89. The third kappa shape index (κ3) is 4.12. The third-order valence-corrected chi connectivity index (χ3v) is 7.00. The largest absolute Gasteiger partial charge is 0.406 e. The molecule has 32 heavy (non-hydrogen) atoms. The van der Waals surface area contributed by atoms with Crippen LogP contribution in [-0.4, -0.2) is 54.2 Å². The van der Waals surface area contributed by atoms with E-state index in [9.17, 15) is 31.5 Å². The van der Waals surface area contributed by atoms with Gasteiger partial charge in [0, 0.05) is 12.1 Å². The molecule has 176 valence electrons. The zero-order chi connectivity index (χ0) is 23.3. The molecule has 2 atom stereocenters. The second kappa shape index (κ2) is 8.33. The Labute approximate surface area is 185 Å². The minimum absolute atomic E-state index is 0.0383. The summed E-state index contributed by atoms with van der Waals surface area (Å²) >= 11 is 5.73. The van der Waals surface area contributed by atoms with E-state index in [0.29, 0.717) is 0 Å². The van der Waals surface area contributed by atoms with Crippen LogP contribution in [0.3, 0.4) is 0 Å². The van der Waals surface area contributed by atoms with Gasteiger partial charge in [0.1, 0.15) is 28.2 Å². The van der Waals surface area contributed by atoms with E-state index in [2.05, 4.69) is 16.0 Å². The Morgan fingerprint density at radius 1 is 1.22 bits per heavy atom. The number of benzene rings is 1. The number of carbonyl (C=O) groups is 2. The number of nitrogens with zero attached hydrogens (tertiary/aromatic N) is 1. The number of likely N-dealkylation sites (tertiary alicyclic amines) is 1. The lowest BCUT2D eigenvalue weighted by atomic mass is 9.84. The fourth-order valence-corrected chi connectivity index (χ4v) is 4.83. The number of hydrogen-bond acceptors (Lipinski definition) is 3. The van der Waals surface area contributed by atoms with Gasteiger partial charge in [-0.3, -0.25) is 9.69 Å². The van der Waals surface area contributed by atoms with E-state index in [1.165, 1.54) is 11.0 Å². The van der Waals surface area contributed by atoms with Gasteiger partial charge in [0.15, 0.2) is 0 Å². The lowest BCUT2D eigenvalue weighted by Crippen LogP contribution is -2.53. The van der Waals surface area contributed by atoms with E-state index < -0.39 is 58.3 Å². The van der Waals surface area contributed by atoms with Crippen LogP contribution >= 0.6 is 11.6 Å². The molecule has 3 amide bonds. The lowest BCUT2D eigenvalue weighted by Gasteiger charge is -2.41. The van der Waals surface area contributed by atoms with E-state index in [0.717, 1.165) is 6.07 Å². The number of rotatable bonds is 5. The minimum Gasteiger partial charge on any atom is -0.347 e. The summed E-state index contributed by atoms with van der Waals surface area (Å²) in [7, 11) is 0. The van der Waals surface area contributed by atoms with Crippen LogP contribution in [0.15, 0.2) is 12.1 Å². The van der Waals surface area contributed by atoms with Gasteiger partial charge in [0.25, 0.3) is 0 Å². The number of nitrogens with one attached hydrogen (secondary N) is 3. The average molecular weight is 481 g/mol. The van der Waals surface area contributed by atoms with Gasteiger partial charge in [-0.25, -0.2) is 13.6 Å². The van der Waals surface area contributed by atoms with Crippen molar-refractivity contribution in [1.29, 1.82) is 0 Å². The highest BCUT2D eigenvalue weighted by Gasteiger charge is 2.66. The molecule has 0 spiro atoms. The summed E-state index contributed by atoms with van der Waals surface area (Å²) < 4.78 is 68.9. The van der Waals surface area contributed by atoms with Gasteiger partial charge in [0.2, 0.25) is 5.91 Å². The fourth-order valence-electron chi connectivity index (χ4n) is 4.66. The van der Waals surface area contributed by atoms with Crippen LogP contribution < -0.4 is 16.0 Å². The predicted molar refractivity (Wildman–Crippen MR) is 105 cm³/mol. The zero-order valence-corrected chi connectivity index (χ0v) is 17.6. The van der Waals surface area contributed by atoms with Crippen LogP contribution in [0.25, 0.3) is 0 Å². The molecule has 2 saturated heterocycles. The standard InChI is InChI=1S/C20H22ClF5N4O2/c21-14-12(22)2-1-11(15(14)23)16(29-17(31)13-9-27-18(32)28-13)10-3-7-30(8-4-10)19(5-6-19)20(24,25)26/h1-2,10,13,16H,3-9H2,(H,29,31)(H2,27,28,32). The van der Waals surface area contributed by atoms with Crippen LogP contribution in [0.2, 0.25) is 5.02 Å². The van der Waals surface area contributed by atoms with Gasteiger partial charge in [-0.15, -0.1) is 0 Å². The second-order valence-electron chi connectivity index (χ2n) is 8.51. The van der Waals surface area contributed by atoms with Crippen molar-refractivity contribution >= 4 is 23.5 Å². The monoisotopic (exact) mass is 480 g/mol. The van der Waals surface area contributed by atoms with Gasteiger partial charge in [-0.2, -0.15) is 13.2 Å². The van der Waals surface area contributed by atoms with E-state index >= 15 is 0 Å².